The molecule has 1 unspecified atom stereocenters. The van der Waals surface area contributed by atoms with E-state index in [9.17, 15) is 4.79 Å². The van der Waals surface area contributed by atoms with Crippen molar-refractivity contribution in [3.8, 4) is 0 Å². The minimum absolute atomic E-state index is 0.0304. The Morgan fingerprint density at radius 2 is 2.06 bits per heavy atom. The van der Waals surface area contributed by atoms with E-state index in [1.165, 1.54) is 25.7 Å². The van der Waals surface area contributed by atoms with Gasteiger partial charge in [-0.2, -0.15) is 0 Å². The molecule has 0 aliphatic heterocycles. The lowest BCUT2D eigenvalue weighted by Crippen LogP contribution is -2.37. The lowest BCUT2D eigenvalue weighted by molar-refractivity contribution is 0.0926. The number of benzene rings is 1. The third kappa shape index (κ3) is 3.08. The molecule has 0 saturated heterocycles. The Morgan fingerprint density at radius 1 is 1.39 bits per heavy atom. The van der Waals surface area contributed by atoms with E-state index in [0.717, 1.165) is 16.0 Å². The lowest BCUT2D eigenvalue weighted by atomic mass is 9.99. The fraction of sp³-hybridized carbons (Fsp3) is 0.533. The zero-order chi connectivity index (χ0) is 13.1. The second-order valence-corrected chi connectivity index (χ2v) is 5.82. The molecule has 18 heavy (non-hydrogen) atoms. The van der Waals surface area contributed by atoms with E-state index in [0.29, 0.717) is 5.92 Å². The van der Waals surface area contributed by atoms with Crippen LogP contribution >= 0.6 is 12.6 Å². The molecule has 1 atom stereocenters. The van der Waals surface area contributed by atoms with Gasteiger partial charge in [0.05, 0.1) is 0 Å². The largest absolute Gasteiger partial charge is 0.349 e. The SMILES string of the molecule is Cc1ccc(S)cc1C(=O)NC(C)C1CCCC1. The van der Waals surface area contributed by atoms with Gasteiger partial charge in [-0.05, 0) is 50.3 Å². The molecule has 1 aliphatic rings. The highest BCUT2D eigenvalue weighted by molar-refractivity contribution is 7.80. The van der Waals surface area contributed by atoms with Gasteiger partial charge in [-0.15, -0.1) is 12.6 Å². The molecule has 1 amide bonds. The number of amides is 1. The second kappa shape index (κ2) is 5.79. The minimum Gasteiger partial charge on any atom is -0.349 e. The third-order valence-electron chi connectivity index (χ3n) is 3.93. The van der Waals surface area contributed by atoms with Crippen molar-refractivity contribution in [1.29, 1.82) is 0 Å². The fourth-order valence-electron chi connectivity index (χ4n) is 2.71. The molecule has 2 nitrogen and oxygen atoms in total. The van der Waals surface area contributed by atoms with E-state index in [4.69, 9.17) is 0 Å². The molecule has 0 bridgehead atoms. The van der Waals surface area contributed by atoms with Crippen LogP contribution in [-0.4, -0.2) is 11.9 Å². The zero-order valence-electron chi connectivity index (χ0n) is 11.1. The summed E-state index contributed by atoms with van der Waals surface area (Å²) in [5.41, 5.74) is 1.75. The van der Waals surface area contributed by atoms with Gasteiger partial charge < -0.3 is 5.32 Å². The molecule has 3 heteroatoms. The Balaban J connectivity index is 2.04. The molecule has 1 N–H and O–H groups in total. The molecular weight excluding hydrogens is 242 g/mol. The van der Waals surface area contributed by atoms with Gasteiger partial charge in [0.15, 0.2) is 0 Å². The van der Waals surface area contributed by atoms with Crippen molar-refractivity contribution in [1.82, 2.24) is 5.32 Å². The van der Waals surface area contributed by atoms with Gasteiger partial charge in [-0.3, -0.25) is 4.79 Å². The number of hydrogen-bond donors (Lipinski definition) is 2. The number of thiol groups is 1. The summed E-state index contributed by atoms with van der Waals surface area (Å²) in [7, 11) is 0. The number of aryl methyl sites for hydroxylation is 1. The maximum Gasteiger partial charge on any atom is 0.251 e. The van der Waals surface area contributed by atoms with Crippen LogP contribution in [0.5, 0.6) is 0 Å². The summed E-state index contributed by atoms with van der Waals surface area (Å²) in [5.74, 6) is 0.677. The molecule has 1 aromatic carbocycles. The van der Waals surface area contributed by atoms with Crippen molar-refractivity contribution in [2.45, 2.75) is 50.5 Å². The Morgan fingerprint density at radius 3 is 2.72 bits per heavy atom. The summed E-state index contributed by atoms with van der Waals surface area (Å²) in [5, 5.41) is 3.13. The fourth-order valence-corrected chi connectivity index (χ4v) is 2.92. The molecule has 1 fully saturated rings. The molecule has 1 saturated carbocycles. The van der Waals surface area contributed by atoms with E-state index in [-0.39, 0.29) is 11.9 Å². The van der Waals surface area contributed by atoms with Gasteiger partial charge in [0.25, 0.3) is 5.91 Å². The highest BCUT2D eigenvalue weighted by atomic mass is 32.1. The Labute approximate surface area is 115 Å². The number of rotatable bonds is 3. The number of hydrogen-bond acceptors (Lipinski definition) is 2. The first-order valence-corrected chi connectivity index (χ1v) is 7.13. The maximum atomic E-state index is 12.2. The van der Waals surface area contributed by atoms with Crippen LogP contribution in [0.25, 0.3) is 0 Å². The van der Waals surface area contributed by atoms with Crippen molar-refractivity contribution >= 4 is 18.5 Å². The first-order chi connectivity index (χ1) is 8.58. The monoisotopic (exact) mass is 263 g/mol. The van der Waals surface area contributed by atoms with Crippen molar-refractivity contribution in [2.24, 2.45) is 5.92 Å². The highest BCUT2D eigenvalue weighted by Crippen LogP contribution is 2.27. The van der Waals surface area contributed by atoms with E-state index < -0.39 is 0 Å². The first kappa shape index (κ1) is 13.5. The standard InChI is InChI=1S/C15H21NOS/c1-10-7-8-13(18)9-14(10)15(17)16-11(2)12-5-3-4-6-12/h7-9,11-12,18H,3-6H2,1-2H3,(H,16,17). The Bertz CT molecular complexity index is 438. The average molecular weight is 263 g/mol. The smallest absolute Gasteiger partial charge is 0.251 e. The van der Waals surface area contributed by atoms with Crippen LogP contribution < -0.4 is 5.32 Å². The van der Waals surface area contributed by atoms with Gasteiger partial charge in [-0.25, -0.2) is 0 Å². The summed E-state index contributed by atoms with van der Waals surface area (Å²) in [4.78, 5) is 13.1. The maximum absolute atomic E-state index is 12.2. The van der Waals surface area contributed by atoms with Crippen LogP contribution in [0.15, 0.2) is 23.1 Å². The van der Waals surface area contributed by atoms with Crippen LogP contribution in [0, 0.1) is 12.8 Å². The van der Waals surface area contributed by atoms with Gasteiger partial charge in [-0.1, -0.05) is 18.9 Å². The van der Waals surface area contributed by atoms with Gasteiger partial charge in [0, 0.05) is 16.5 Å². The van der Waals surface area contributed by atoms with Gasteiger partial charge in [0.1, 0.15) is 0 Å². The molecule has 0 spiro atoms. The third-order valence-corrected chi connectivity index (χ3v) is 4.21. The van der Waals surface area contributed by atoms with E-state index in [2.05, 4.69) is 24.9 Å². The molecule has 1 aromatic rings. The van der Waals surface area contributed by atoms with E-state index >= 15 is 0 Å². The topological polar surface area (TPSA) is 29.1 Å². The number of carbonyl (C=O) groups excluding carboxylic acids is 1. The normalized spacial score (nSPS) is 17.7. The molecule has 1 aliphatic carbocycles. The van der Waals surface area contributed by atoms with Crippen LogP contribution in [0.3, 0.4) is 0 Å². The highest BCUT2D eigenvalue weighted by Gasteiger charge is 2.23. The molecular formula is C15H21NOS. The molecule has 98 valence electrons. The molecule has 0 aromatic heterocycles. The average Bonchev–Trinajstić information content (AvgIpc) is 2.85. The van der Waals surface area contributed by atoms with E-state index in [1.54, 1.807) is 0 Å². The summed E-state index contributed by atoms with van der Waals surface area (Å²) in [6.45, 7) is 4.08. The minimum atomic E-state index is 0.0304. The van der Waals surface area contributed by atoms with Crippen LogP contribution in [0.2, 0.25) is 0 Å². The van der Waals surface area contributed by atoms with Gasteiger partial charge >= 0.3 is 0 Å². The number of nitrogens with one attached hydrogen (secondary N) is 1. The molecule has 2 rings (SSSR count). The second-order valence-electron chi connectivity index (χ2n) is 5.31. The van der Waals surface area contributed by atoms with Crippen molar-refractivity contribution in [3.63, 3.8) is 0 Å². The molecule has 0 radical (unpaired) electrons. The van der Waals surface area contributed by atoms with Crippen LogP contribution in [0.4, 0.5) is 0 Å². The summed E-state index contributed by atoms with van der Waals surface area (Å²) >= 11 is 4.29. The van der Waals surface area contributed by atoms with Crippen molar-refractivity contribution < 1.29 is 4.79 Å². The summed E-state index contributed by atoms with van der Waals surface area (Å²) < 4.78 is 0. The van der Waals surface area contributed by atoms with Crippen LogP contribution in [-0.2, 0) is 0 Å². The van der Waals surface area contributed by atoms with Gasteiger partial charge in [0.2, 0.25) is 0 Å². The quantitative estimate of drug-likeness (QED) is 0.802. The lowest BCUT2D eigenvalue weighted by Gasteiger charge is -2.21. The number of carbonyl (C=O) groups is 1. The zero-order valence-corrected chi connectivity index (χ0v) is 12.0. The predicted molar refractivity (Wildman–Crippen MR) is 77.3 cm³/mol. The van der Waals surface area contributed by atoms with Crippen molar-refractivity contribution in [2.75, 3.05) is 0 Å². The summed E-state index contributed by atoms with van der Waals surface area (Å²) in [6, 6.07) is 5.96. The predicted octanol–water partition coefficient (Wildman–Crippen LogP) is 3.59. The Kier molecular flexibility index (Phi) is 4.33. The first-order valence-electron chi connectivity index (χ1n) is 6.68. The van der Waals surface area contributed by atoms with Crippen molar-refractivity contribution in [3.05, 3.63) is 29.3 Å². The Hall–Kier alpha value is -0.960. The molecule has 0 heterocycles. The summed E-state index contributed by atoms with van der Waals surface area (Å²) in [6.07, 6.45) is 5.09. The van der Waals surface area contributed by atoms with Crippen LogP contribution in [0.1, 0.15) is 48.5 Å². The van der Waals surface area contributed by atoms with E-state index in [1.807, 2.05) is 25.1 Å².